The molecule has 2 aromatic carbocycles. The number of nitrogens with zero attached hydrogens (tertiary/aromatic N) is 2. The number of carbonyl (C=O) groups is 2. The smallest absolute Gasteiger partial charge is 0.306 e. The minimum absolute atomic E-state index is 0.0994. The number of rotatable bonds is 9. The van der Waals surface area contributed by atoms with E-state index in [0.717, 1.165) is 49.2 Å². The zero-order chi connectivity index (χ0) is 24.5. The van der Waals surface area contributed by atoms with Gasteiger partial charge in [0.2, 0.25) is 0 Å². The molecule has 0 spiro atoms. The summed E-state index contributed by atoms with van der Waals surface area (Å²) in [5.74, 6) is 0.485. The minimum Gasteiger partial charge on any atom is -0.493 e. The molecule has 1 saturated heterocycles. The summed E-state index contributed by atoms with van der Waals surface area (Å²) >= 11 is 0. The van der Waals surface area contributed by atoms with Crippen molar-refractivity contribution in [2.45, 2.75) is 32.6 Å². The summed E-state index contributed by atoms with van der Waals surface area (Å²) in [6.45, 7) is 5.96. The summed E-state index contributed by atoms with van der Waals surface area (Å²) in [7, 11) is 0. The van der Waals surface area contributed by atoms with Crippen molar-refractivity contribution in [3.63, 3.8) is 0 Å². The van der Waals surface area contributed by atoms with Crippen LogP contribution in [0.3, 0.4) is 0 Å². The lowest BCUT2D eigenvalue weighted by molar-refractivity contribution is -0.145. The average molecular weight is 480 g/mol. The van der Waals surface area contributed by atoms with Crippen LogP contribution < -0.4 is 10.1 Å². The number of fused-ring (bicyclic) bond motifs is 1. The number of nitrogens with one attached hydrogen (secondary N) is 1. The van der Waals surface area contributed by atoms with Crippen molar-refractivity contribution in [3.8, 4) is 5.75 Å². The van der Waals surface area contributed by atoms with Gasteiger partial charge in [0.15, 0.2) is 0 Å². The molecule has 35 heavy (non-hydrogen) atoms. The highest BCUT2D eigenvalue weighted by Gasteiger charge is 2.23. The Kier molecular flexibility index (Phi) is 8.73. The van der Waals surface area contributed by atoms with Crippen LogP contribution in [0.25, 0.3) is 0 Å². The number of unbranched alkanes of at least 4 members (excludes halogenated alkanes) is 1. The first-order chi connectivity index (χ1) is 17.1. The monoisotopic (exact) mass is 479 g/mol. The maximum Gasteiger partial charge on any atom is 0.306 e. The largest absolute Gasteiger partial charge is 0.493 e. The van der Waals surface area contributed by atoms with Crippen LogP contribution in [-0.2, 0) is 20.7 Å². The molecule has 8 heteroatoms. The second kappa shape index (κ2) is 12.4. The molecular weight excluding hydrogens is 446 g/mol. The predicted octanol–water partition coefficient (Wildman–Crippen LogP) is 3.89. The van der Waals surface area contributed by atoms with Crippen LogP contribution >= 0.6 is 0 Å². The van der Waals surface area contributed by atoms with E-state index in [-0.39, 0.29) is 17.8 Å². The lowest BCUT2D eigenvalue weighted by Crippen LogP contribution is -2.32. The summed E-state index contributed by atoms with van der Waals surface area (Å²) in [6, 6.07) is 13.0. The SMILES string of the molecule is CCCCOC(=O)CC1COc2cc(NC(=O)c3ccc(C=NN4CCOCC4)cc3)ccc2C1. The Morgan fingerprint density at radius 2 is 1.97 bits per heavy atom. The fraction of sp³-hybridized carbons (Fsp3) is 0.444. The number of ether oxygens (including phenoxy) is 3. The molecule has 0 bridgehead atoms. The molecule has 186 valence electrons. The third-order valence-electron chi connectivity index (χ3n) is 6.05. The van der Waals surface area contributed by atoms with Crippen molar-refractivity contribution in [2.75, 3.05) is 44.8 Å². The molecule has 1 N–H and O–H groups in total. The Labute approximate surface area is 206 Å². The van der Waals surface area contributed by atoms with Crippen LogP contribution in [0, 0.1) is 5.92 Å². The van der Waals surface area contributed by atoms with Crippen molar-refractivity contribution in [1.29, 1.82) is 0 Å². The molecule has 2 heterocycles. The average Bonchev–Trinajstić information content (AvgIpc) is 2.88. The molecular formula is C27H33N3O5. The molecule has 2 aliphatic heterocycles. The minimum atomic E-state index is -0.190. The number of amides is 1. The number of hydrazone groups is 1. The van der Waals surface area contributed by atoms with Gasteiger partial charge in [-0.05, 0) is 42.2 Å². The molecule has 2 aliphatic rings. The van der Waals surface area contributed by atoms with Gasteiger partial charge in [0.05, 0.1) is 52.2 Å². The first kappa shape index (κ1) is 24.7. The van der Waals surface area contributed by atoms with Gasteiger partial charge in [-0.3, -0.25) is 14.6 Å². The molecule has 1 atom stereocenters. The summed E-state index contributed by atoms with van der Waals surface area (Å²) in [4.78, 5) is 24.7. The Balaban J connectivity index is 1.28. The van der Waals surface area contributed by atoms with Crippen molar-refractivity contribution in [1.82, 2.24) is 5.01 Å². The van der Waals surface area contributed by atoms with Crippen molar-refractivity contribution in [2.24, 2.45) is 11.0 Å². The van der Waals surface area contributed by atoms with Gasteiger partial charge in [-0.1, -0.05) is 31.5 Å². The van der Waals surface area contributed by atoms with E-state index in [4.69, 9.17) is 14.2 Å². The predicted molar refractivity (Wildman–Crippen MR) is 134 cm³/mol. The zero-order valence-electron chi connectivity index (χ0n) is 20.2. The number of anilines is 1. The van der Waals surface area contributed by atoms with Crippen LogP contribution in [0.2, 0.25) is 0 Å². The van der Waals surface area contributed by atoms with Gasteiger partial charge < -0.3 is 19.5 Å². The number of hydrogen-bond donors (Lipinski definition) is 1. The standard InChI is InChI=1S/C27H33N3O5/c1-2-3-12-34-26(31)16-21-15-23-8-9-24(17-25(23)35-19-21)29-27(32)22-6-4-20(5-7-22)18-28-30-10-13-33-14-11-30/h4-9,17-18,21H,2-3,10-16,19H2,1H3,(H,29,32). The molecule has 1 fully saturated rings. The van der Waals surface area contributed by atoms with Gasteiger partial charge in [-0.2, -0.15) is 5.10 Å². The van der Waals surface area contributed by atoms with Crippen molar-refractivity contribution in [3.05, 3.63) is 59.2 Å². The van der Waals surface area contributed by atoms with Crippen LogP contribution in [0.5, 0.6) is 5.75 Å². The van der Waals surface area contributed by atoms with Gasteiger partial charge in [0.25, 0.3) is 5.91 Å². The highest BCUT2D eigenvalue weighted by atomic mass is 16.5. The molecule has 8 nitrogen and oxygen atoms in total. The van der Waals surface area contributed by atoms with Gasteiger partial charge >= 0.3 is 5.97 Å². The van der Waals surface area contributed by atoms with E-state index in [9.17, 15) is 9.59 Å². The second-order valence-corrected chi connectivity index (χ2v) is 8.87. The number of hydrogen-bond acceptors (Lipinski definition) is 7. The van der Waals surface area contributed by atoms with Gasteiger partial charge in [0.1, 0.15) is 5.75 Å². The zero-order valence-corrected chi connectivity index (χ0v) is 20.2. The molecule has 0 aromatic heterocycles. The number of benzene rings is 2. The van der Waals surface area contributed by atoms with Crippen molar-refractivity contribution < 1.29 is 23.8 Å². The van der Waals surface area contributed by atoms with Gasteiger partial charge in [-0.15, -0.1) is 0 Å². The van der Waals surface area contributed by atoms with Gasteiger partial charge in [-0.25, -0.2) is 0 Å². The van der Waals surface area contributed by atoms with E-state index in [1.807, 2.05) is 35.3 Å². The third-order valence-corrected chi connectivity index (χ3v) is 6.05. The van der Waals surface area contributed by atoms with Crippen LogP contribution in [0.15, 0.2) is 47.6 Å². The topological polar surface area (TPSA) is 89.5 Å². The summed E-state index contributed by atoms with van der Waals surface area (Å²) < 4.78 is 16.5. The Morgan fingerprint density at radius 1 is 1.17 bits per heavy atom. The molecule has 0 radical (unpaired) electrons. The Morgan fingerprint density at radius 3 is 2.74 bits per heavy atom. The fourth-order valence-electron chi connectivity index (χ4n) is 4.01. The second-order valence-electron chi connectivity index (χ2n) is 8.87. The molecule has 0 aliphatic carbocycles. The highest BCUT2D eigenvalue weighted by molar-refractivity contribution is 6.04. The Bertz CT molecular complexity index is 1030. The van der Waals surface area contributed by atoms with Crippen LogP contribution in [-0.4, -0.2) is 62.6 Å². The maximum absolute atomic E-state index is 12.7. The summed E-state index contributed by atoms with van der Waals surface area (Å²) in [5, 5.41) is 9.37. The molecule has 1 unspecified atom stereocenters. The molecule has 1 amide bonds. The number of esters is 1. The highest BCUT2D eigenvalue weighted by Crippen LogP contribution is 2.31. The number of carbonyl (C=O) groups excluding carboxylic acids is 2. The van der Waals surface area contributed by atoms with Crippen molar-refractivity contribution >= 4 is 23.8 Å². The van der Waals surface area contributed by atoms with E-state index < -0.39 is 0 Å². The van der Waals surface area contributed by atoms with E-state index in [2.05, 4.69) is 17.3 Å². The van der Waals surface area contributed by atoms with Crippen LogP contribution in [0.4, 0.5) is 5.69 Å². The van der Waals surface area contributed by atoms with E-state index in [1.54, 1.807) is 18.3 Å². The number of morpholine rings is 1. The quantitative estimate of drug-likeness (QED) is 0.333. The first-order valence-corrected chi connectivity index (χ1v) is 12.3. The normalized spacial score (nSPS) is 17.5. The van der Waals surface area contributed by atoms with E-state index in [0.29, 0.717) is 44.1 Å². The molecule has 0 saturated carbocycles. The van der Waals surface area contributed by atoms with E-state index >= 15 is 0 Å². The first-order valence-electron chi connectivity index (χ1n) is 12.3. The molecule has 4 rings (SSSR count). The maximum atomic E-state index is 12.7. The lowest BCUT2D eigenvalue weighted by Gasteiger charge is -2.25. The lowest BCUT2D eigenvalue weighted by atomic mass is 9.94. The van der Waals surface area contributed by atoms with E-state index in [1.165, 1.54) is 0 Å². The summed E-state index contributed by atoms with van der Waals surface area (Å²) in [6.07, 6.45) is 4.79. The van der Waals surface area contributed by atoms with Gasteiger partial charge in [0, 0.05) is 23.2 Å². The Hall–Kier alpha value is -3.39. The third kappa shape index (κ3) is 7.29. The summed E-state index contributed by atoms with van der Waals surface area (Å²) in [5.41, 5.74) is 3.20. The van der Waals surface area contributed by atoms with Crippen LogP contribution in [0.1, 0.15) is 47.7 Å². The molecule has 2 aromatic rings. The fourth-order valence-corrected chi connectivity index (χ4v) is 4.01.